The minimum absolute atomic E-state index is 0.286. The van der Waals surface area contributed by atoms with Crippen LogP contribution in [0.1, 0.15) is 46.7 Å². The Kier molecular flexibility index (Phi) is 11.7. The first-order valence-electron chi connectivity index (χ1n) is 12.3. The molecule has 0 spiro atoms. The van der Waals surface area contributed by atoms with Crippen LogP contribution >= 0.6 is 23.2 Å². The van der Waals surface area contributed by atoms with Crippen molar-refractivity contribution in [2.45, 2.75) is 47.5 Å². The van der Waals surface area contributed by atoms with Gasteiger partial charge in [0.15, 0.2) is 6.61 Å². The summed E-state index contributed by atoms with van der Waals surface area (Å²) < 4.78 is 13.0. The molecule has 0 bridgehead atoms. The van der Waals surface area contributed by atoms with Crippen molar-refractivity contribution < 1.29 is 19.4 Å². The van der Waals surface area contributed by atoms with Crippen LogP contribution in [0.3, 0.4) is 0 Å². The number of pyridine rings is 1. The molecule has 2 aromatic carbocycles. The molecule has 0 saturated carbocycles. The van der Waals surface area contributed by atoms with Crippen molar-refractivity contribution in [1.82, 2.24) is 14.8 Å². The van der Waals surface area contributed by atoms with Gasteiger partial charge < -0.3 is 14.6 Å². The second kappa shape index (κ2) is 14.4. The number of carboxylic acids is 1. The summed E-state index contributed by atoms with van der Waals surface area (Å²) in [5.74, 6) is 0.315. The first kappa shape index (κ1) is 29.9. The molecule has 0 atom stereocenters. The number of aliphatic carboxylic acids is 1. The highest BCUT2D eigenvalue weighted by Gasteiger charge is 2.19. The lowest BCUT2D eigenvalue weighted by Crippen LogP contribution is -2.09. The minimum atomic E-state index is -1.08. The molecule has 4 rings (SSSR count). The Morgan fingerprint density at radius 3 is 2.32 bits per heavy atom. The first-order valence-corrected chi connectivity index (χ1v) is 13.1. The number of fused-ring (bicyclic) bond motifs is 1. The number of rotatable bonds is 8. The number of hydrogen-bond donors (Lipinski definition) is 1. The van der Waals surface area contributed by atoms with E-state index in [1.807, 2.05) is 40.8 Å². The predicted octanol–water partition coefficient (Wildman–Crippen LogP) is 8.20. The monoisotopic (exact) mass is 545 g/mol. The van der Waals surface area contributed by atoms with Crippen molar-refractivity contribution in [1.29, 1.82) is 0 Å². The molecule has 1 N–H and O–H groups in total. The highest BCUT2D eigenvalue weighted by Crippen LogP contribution is 2.37. The summed E-state index contributed by atoms with van der Waals surface area (Å²) in [6, 6.07) is 14.2. The lowest BCUT2D eigenvalue weighted by Gasteiger charge is -2.11. The predicted molar refractivity (Wildman–Crippen MR) is 150 cm³/mol. The smallest absolute Gasteiger partial charge is 0.341 e. The van der Waals surface area contributed by atoms with Gasteiger partial charge in [0.25, 0.3) is 0 Å². The van der Waals surface area contributed by atoms with Crippen molar-refractivity contribution in [2.24, 2.45) is 7.05 Å². The van der Waals surface area contributed by atoms with E-state index in [9.17, 15) is 4.79 Å². The lowest BCUT2D eigenvalue weighted by atomic mass is 10.0. The summed E-state index contributed by atoms with van der Waals surface area (Å²) in [6.07, 6.45) is 1.61. The summed E-state index contributed by atoms with van der Waals surface area (Å²) in [5.41, 5.74) is 3.20. The van der Waals surface area contributed by atoms with Gasteiger partial charge in [0.05, 0.1) is 16.2 Å². The van der Waals surface area contributed by atoms with E-state index in [-0.39, 0.29) is 5.75 Å². The van der Waals surface area contributed by atoms with Crippen molar-refractivity contribution in [3.63, 3.8) is 0 Å². The zero-order chi connectivity index (χ0) is 27.5. The van der Waals surface area contributed by atoms with Crippen molar-refractivity contribution in [3.8, 4) is 28.6 Å². The number of hydrogen-bond acceptors (Lipinski definition) is 5. The summed E-state index contributed by atoms with van der Waals surface area (Å²) >= 11 is 12.3. The van der Waals surface area contributed by atoms with Gasteiger partial charge in [-0.15, -0.1) is 0 Å². The Balaban J connectivity index is 0.00000115. The zero-order valence-electron chi connectivity index (χ0n) is 22.0. The van der Waals surface area contributed by atoms with Gasteiger partial charge >= 0.3 is 5.97 Å². The van der Waals surface area contributed by atoms with Gasteiger partial charge in [-0.25, -0.2) is 9.78 Å². The fourth-order valence-electron chi connectivity index (χ4n) is 3.51. The fraction of sp³-hybridized carbons (Fsp3) is 0.321. The normalized spacial score (nSPS) is 10.2. The molecule has 2 heterocycles. The van der Waals surface area contributed by atoms with Crippen LogP contribution in [0.5, 0.6) is 17.4 Å². The Bertz CT molecular complexity index is 1320. The third kappa shape index (κ3) is 7.60. The highest BCUT2D eigenvalue weighted by atomic mass is 35.5. The quantitative estimate of drug-likeness (QED) is 0.240. The van der Waals surface area contributed by atoms with E-state index in [1.54, 1.807) is 47.1 Å². The highest BCUT2D eigenvalue weighted by molar-refractivity contribution is 6.33. The number of aryl methyl sites for hydroxylation is 2. The number of nitrogens with zero attached hydrogens (tertiary/aromatic N) is 3. The van der Waals surface area contributed by atoms with Gasteiger partial charge in [0.1, 0.15) is 17.2 Å². The lowest BCUT2D eigenvalue weighted by molar-refractivity contribution is -0.139. The number of carboxylic acid groups (broad SMARTS) is 1. The second-order valence-electron chi connectivity index (χ2n) is 7.40. The van der Waals surface area contributed by atoms with Gasteiger partial charge in [-0.3, -0.25) is 4.68 Å². The zero-order valence-corrected chi connectivity index (χ0v) is 23.5. The Labute approximate surface area is 228 Å². The van der Waals surface area contributed by atoms with Crippen LogP contribution in [-0.2, 0) is 18.3 Å². The van der Waals surface area contributed by atoms with E-state index in [4.69, 9.17) is 47.9 Å². The average Bonchev–Trinajstić information content (AvgIpc) is 3.21. The van der Waals surface area contributed by atoms with Crippen molar-refractivity contribution >= 4 is 40.1 Å². The molecule has 0 amide bonds. The van der Waals surface area contributed by atoms with E-state index in [0.717, 1.165) is 35.0 Å². The number of benzene rings is 2. The van der Waals surface area contributed by atoms with Gasteiger partial charge in [0, 0.05) is 29.1 Å². The van der Waals surface area contributed by atoms with Gasteiger partial charge in [-0.1, -0.05) is 64.2 Å². The van der Waals surface area contributed by atoms with Gasteiger partial charge in [0.2, 0.25) is 5.88 Å². The van der Waals surface area contributed by atoms with Crippen LogP contribution < -0.4 is 9.47 Å². The van der Waals surface area contributed by atoms with Crippen LogP contribution in [0.4, 0.5) is 0 Å². The minimum Gasteiger partial charge on any atom is -0.480 e. The van der Waals surface area contributed by atoms with E-state index < -0.39 is 12.6 Å². The molecule has 0 aliphatic rings. The molecule has 0 fully saturated rings. The molecule has 0 unspecified atom stereocenters. The fourth-order valence-corrected chi connectivity index (χ4v) is 3.85. The Hall–Kier alpha value is -3.29. The number of carbonyl (C=O) groups is 1. The first-order chi connectivity index (χ1) is 17.9. The summed E-state index contributed by atoms with van der Waals surface area (Å²) in [5, 5.41) is 15.4. The van der Waals surface area contributed by atoms with Crippen LogP contribution in [0.25, 0.3) is 22.2 Å². The number of ether oxygens (including phenoxy) is 2. The largest absolute Gasteiger partial charge is 0.480 e. The molecule has 0 aliphatic carbocycles. The number of halogens is 2. The molecule has 0 saturated heterocycles. The van der Waals surface area contributed by atoms with E-state index >= 15 is 0 Å². The summed E-state index contributed by atoms with van der Waals surface area (Å²) in [4.78, 5) is 15.7. The van der Waals surface area contributed by atoms with Crippen LogP contribution in [0.2, 0.25) is 10.0 Å². The Morgan fingerprint density at radius 1 is 1.03 bits per heavy atom. The molecule has 7 nitrogen and oxygen atoms in total. The average molecular weight is 546 g/mol. The third-order valence-electron chi connectivity index (χ3n) is 4.98. The summed E-state index contributed by atoms with van der Waals surface area (Å²) in [6.45, 7) is 9.59. The maximum atomic E-state index is 10.9. The molecular formula is C28H33Cl2N3O4. The molecule has 0 radical (unpaired) electrons. The maximum absolute atomic E-state index is 10.9. The van der Waals surface area contributed by atoms with E-state index in [1.165, 1.54) is 0 Å². The molecular weight excluding hydrogens is 513 g/mol. The van der Waals surface area contributed by atoms with Crippen LogP contribution in [0, 0.1) is 0 Å². The molecule has 37 heavy (non-hydrogen) atoms. The van der Waals surface area contributed by atoms with Gasteiger partial charge in [-0.2, -0.15) is 5.10 Å². The standard InChI is InChI=1S/C24H21Cl2N3O4.2C2H6/c1-3-4-19-16(9-10-22(27-19)33-15-7-5-14(25)6-8-15)24-17-11-21(32-13-23(30)31)18(26)12-20(17)29(2)28-24;2*1-2/h5-12H,3-4,13H2,1-2H3,(H,30,31);2*1-2H3. The van der Waals surface area contributed by atoms with Crippen LogP contribution in [0.15, 0.2) is 48.5 Å². The maximum Gasteiger partial charge on any atom is 0.341 e. The molecule has 0 aliphatic heterocycles. The topological polar surface area (TPSA) is 86.5 Å². The number of aromatic nitrogens is 3. The second-order valence-corrected chi connectivity index (χ2v) is 8.25. The molecule has 4 aromatic rings. The van der Waals surface area contributed by atoms with Crippen molar-refractivity contribution in [3.05, 3.63) is 64.3 Å². The third-order valence-corrected chi connectivity index (χ3v) is 5.53. The Morgan fingerprint density at radius 2 is 1.70 bits per heavy atom. The van der Waals surface area contributed by atoms with E-state index in [0.29, 0.717) is 27.4 Å². The van der Waals surface area contributed by atoms with Crippen molar-refractivity contribution in [2.75, 3.05) is 6.61 Å². The van der Waals surface area contributed by atoms with Gasteiger partial charge in [-0.05, 0) is 48.9 Å². The molecule has 2 aromatic heterocycles. The SMILES string of the molecule is CC.CC.CCCc1nc(Oc2ccc(Cl)cc2)ccc1-c1nn(C)c2cc(Cl)c(OCC(=O)O)cc12. The summed E-state index contributed by atoms with van der Waals surface area (Å²) in [7, 11) is 1.82. The molecule has 198 valence electrons. The molecule has 9 heteroatoms. The van der Waals surface area contributed by atoms with Crippen LogP contribution in [-0.4, -0.2) is 32.4 Å². The van der Waals surface area contributed by atoms with E-state index in [2.05, 4.69) is 6.92 Å².